The minimum Gasteiger partial charge on any atom is -0.0995 e. The summed E-state index contributed by atoms with van der Waals surface area (Å²) in [6, 6.07) is 0. The van der Waals surface area contributed by atoms with Crippen LogP contribution in [0.25, 0.3) is 0 Å². The monoisotopic (exact) mass is 146 g/mol. The molecule has 0 aliphatic heterocycles. The summed E-state index contributed by atoms with van der Waals surface area (Å²) < 4.78 is 0. The van der Waals surface area contributed by atoms with Crippen molar-refractivity contribution in [3.63, 3.8) is 0 Å². The molecule has 0 aromatic heterocycles. The van der Waals surface area contributed by atoms with E-state index in [9.17, 15) is 0 Å². The highest BCUT2D eigenvalue weighted by Gasteiger charge is 2.68. The van der Waals surface area contributed by atoms with Gasteiger partial charge in [-0.3, -0.25) is 0 Å². The highest BCUT2D eigenvalue weighted by molar-refractivity contribution is 5.31. The van der Waals surface area contributed by atoms with Crippen molar-refractivity contribution in [1.29, 1.82) is 0 Å². The van der Waals surface area contributed by atoms with Gasteiger partial charge in [0, 0.05) is 0 Å². The van der Waals surface area contributed by atoms with Crippen molar-refractivity contribution in [2.45, 2.75) is 25.7 Å². The normalized spacial score (nSPS) is 52.2. The maximum Gasteiger partial charge on any atom is -0.00525 e. The van der Waals surface area contributed by atoms with E-state index in [0.717, 1.165) is 18.3 Å². The summed E-state index contributed by atoms with van der Waals surface area (Å²) in [4.78, 5) is 0. The summed E-state index contributed by atoms with van der Waals surface area (Å²) in [7, 11) is 0. The van der Waals surface area contributed by atoms with Crippen molar-refractivity contribution < 1.29 is 0 Å². The molecule has 0 aromatic rings. The smallest absolute Gasteiger partial charge is 0.00525 e. The lowest BCUT2D eigenvalue weighted by Crippen LogP contribution is -2.10. The van der Waals surface area contributed by atoms with E-state index in [1.54, 1.807) is 0 Å². The summed E-state index contributed by atoms with van der Waals surface area (Å²) >= 11 is 0. The maximum absolute atomic E-state index is 4.09. The van der Waals surface area contributed by atoms with Crippen LogP contribution in [0, 0.1) is 17.3 Å². The van der Waals surface area contributed by atoms with Crippen LogP contribution >= 0.6 is 0 Å². The molecule has 11 heavy (non-hydrogen) atoms. The third-order valence-electron chi connectivity index (χ3n) is 3.99. The molecule has 3 atom stereocenters. The molecule has 2 fully saturated rings. The zero-order valence-corrected chi connectivity index (χ0v) is 6.84. The van der Waals surface area contributed by atoms with Crippen molar-refractivity contribution in [3.8, 4) is 0 Å². The second-order valence-corrected chi connectivity index (χ2v) is 4.42. The Bertz CT molecular complexity index is 249. The van der Waals surface area contributed by atoms with Gasteiger partial charge in [0.25, 0.3) is 0 Å². The first-order valence-electron chi connectivity index (χ1n) is 4.67. The Balaban J connectivity index is 1.94. The predicted octanol–water partition coefficient (Wildman–Crippen LogP) is 2.92. The Morgan fingerprint density at radius 2 is 2.36 bits per heavy atom. The van der Waals surface area contributed by atoms with Crippen molar-refractivity contribution >= 4 is 0 Å². The van der Waals surface area contributed by atoms with Crippen molar-refractivity contribution in [2.75, 3.05) is 0 Å². The van der Waals surface area contributed by atoms with Crippen molar-refractivity contribution in [2.24, 2.45) is 17.3 Å². The van der Waals surface area contributed by atoms with Crippen molar-refractivity contribution in [1.82, 2.24) is 0 Å². The molecule has 0 heteroatoms. The molecule has 0 amide bonds. The average Bonchev–Trinajstić information content (AvgIpc) is 2.41. The second kappa shape index (κ2) is 1.63. The molecular weight excluding hydrogens is 132 g/mol. The van der Waals surface area contributed by atoms with Crippen LogP contribution < -0.4 is 0 Å². The van der Waals surface area contributed by atoms with E-state index in [0.29, 0.717) is 5.41 Å². The van der Waals surface area contributed by atoms with Gasteiger partial charge < -0.3 is 0 Å². The summed E-state index contributed by atoms with van der Waals surface area (Å²) in [5.41, 5.74) is 2.16. The lowest BCUT2D eigenvalue weighted by molar-refractivity contribution is 0.366. The first-order chi connectivity index (χ1) is 5.33. The van der Waals surface area contributed by atoms with Crippen LogP contribution in [0.15, 0.2) is 24.3 Å². The van der Waals surface area contributed by atoms with Crippen LogP contribution in [0.2, 0.25) is 0 Å². The summed E-state index contributed by atoms with van der Waals surface area (Å²) in [6.45, 7) is 4.09. The Morgan fingerprint density at radius 1 is 1.45 bits per heavy atom. The van der Waals surface area contributed by atoms with E-state index in [1.165, 1.54) is 24.8 Å². The van der Waals surface area contributed by atoms with E-state index in [-0.39, 0.29) is 0 Å². The lowest BCUT2D eigenvalue weighted by Gasteiger charge is -2.20. The summed E-state index contributed by atoms with van der Waals surface area (Å²) in [6.07, 6.45) is 10.3. The highest BCUT2D eigenvalue weighted by Crippen LogP contribution is 2.75. The molecule has 0 radical (unpaired) electrons. The first kappa shape index (κ1) is 6.05. The Morgan fingerprint density at radius 3 is 3.09 bits per heavy atom. The quantitative estimate of drug-likeness (QED) is 0.461. The molecule has 3 unspecified atom stereocenters. The molecule has 0 nitrogen and oxygen atoms in total. The van der Waals surface area contributed by atoms with Gasteiger partial charge in [0.2, 0.25) is 0 Å². The van der Waals surface area contributed by atoms with Crippen LogP contribution in [-0.2, 0) is 0 Å². The molecular formula is C11H14. The van der Waals surface area contributed by atoms with E-state index in [4.69, 9.17) is 0 Å². The minimum absolute atomic E-state index is 0.708. The molecule has 0 bridgehead atoms. The topological polar surface area (TPSA) is 0 Å². The second-order valence-electron chi connectivity index (χ2n) is 4.42. The van der Waals surface area contributed by atoms with Crippen LogP contribution in [0.3, 0.4) is 0 Å². The van der Waals surface area contributed by atoms with Gasteiger partial charge in [-0.05, 0) is 42.9 Å². The minimum atomic E-state index is 0.708. The largest absolute Gasteiger partial charge is 0.0995 e. The van der Waals surface area contributed by atoms with Gasteiger partial charge in [0.05, 0.1) is 0 Å². The Kier molecular flexibility index (Phi) is 0.894. The summed E-state index contributed by atoms with van der Waals surface area (Å²) in [5.74, 6) is 2.07. The van der Waals surface area contributed by atoms with E-state index in [2.05, 4.69) is 18.7 Å². The fraction of sp³-hybridized carbons (Fsp3) is 0.636. The number of fused-ring (bicyclic) bond motifs is 1. The van der Waals surface area contributed by atoms with Gasteiger partial charge in [0.15, 0.2) is 0 Å². The zero-order valence-electron chi connectivity index (χ0n) is 6.84. The Labute approximate surface area is 68.0 Å². The van der Waals surface area contributed by atoms with Gasteiger partial charge >= 0.3 is 0 Å². The van der Waals surface area contributed by atoms with E-state index < -0.39 is 0 Å². The molecule has 58 valence electrons. The molecule has 2 saturated carbocycles. The highest BCUT2D eigenvalue weighted by atomic mass is 14.7. The van der Waals surface area contributed by atoms with Crippen molar-refractivity contribution in [3.05, 3.63) is 24.3 Å². The fourth-order valence-corrected chi connectivity index (χ4v) is 3.16. The number of rotatable bonds is 0. The van der Waals surface area contributed by atoms with E-state index >= 15 is 0 Å². The standard InChI is InChI=1S/C11H14/c1-8-3-2-5-11-6-4-9(11)10(11)7-8/h2,5,9-10H,1,3-4,6-7H2. The number of hydrogen-bond donors (Lipinski definition) is 0. The molecule has 0 aromatic carbocycles. The lowest BCUT2D eigenvalue weighted by atomic mass is 9.84. The van der Waals surface area contributed by atoms with Gasteiger partial charge in [-0.2, -0.15) is 0 Å². The van der Waals surface area contributed by atoms with Crippen LogP contribution in [0.4, 0.5) is 0 Å². The molecule has 0 N–H and O–H groups in total. The summed E-state index contributed by atoms with van der Waals surface area (Å²) in [5, 5.41) is 0. The van der Waals surface area contributed by atoms with Crippen LogP contribution in [-0.4, -0.2) is 0 Å². The first-order valence-corrected chi connectivity index (χ1v) is 4.67. The number of hydrogen-bond acceptors (Lipinski definition) is 0. The van der Waals surface area contributed by atoms with Gasteiger partial charge in [0.1, 0.15) is 0 Å². The zero-order chi connectivity index (χ0) is 7.47. The number of allylic oxidation sites excluding steroid dienone is 3. The maximum atomic E-state index is 4.09. The SMILES string of the molecule is C=C1CC=CC23CCC2C3C1. The van der Waals surface area contributed by atoms with Gasteiger partial charge in [-0.15, -0.1) is 0 Å². The Hall–Kier alpha value is -0.520. The van der Waals surface area contributed by atoms with Crippen LogP contribution in [0.1, 0.15) is 25.7 Å². The molecule has 3 aliphatic rings. The molecule has 3 rings (SSSR count). The fourth-order valence-electron chi connectivity index (χ4n) is 3.16. The van der Waals surface area contributed by atoms with Crippen LogP contribution in [0.5, 0.6) is 0 Å². The predicted molar refractivity (Wildman–Crippen MR) is 46.2 cm³/mol. The van der Waals surface area contributed by atoms with E-state index in [1.807, 2.05) is 0 Å². The molecule has 0 saturated heterocycles. The van der Waals surface area contributed by atoms with Gasteiger partial charge in [-0.1, -0.05) is 24.3 Å². The molecule has 3 aliphatic carbocycles. The molecule has 1 spiro atoms. The molecule has 0 heterocycles. The average molecular weight is 146 g/mol. The third-order valence-corrected chi connectivity index (χ3v) is 3.99. The van der Waals surface area contributed by atoms with Gasteiger partial charge in [-0.25, -0.2) is 0 Å². The third kappa shape index (κ3) is 0.571.